The number of nitrogens with zero attached hydrogens (tertiary/aromatic N) is 1. The van der Waals surface area contributed by atoms with Gasteiger partial charge in [0.05, 0.1) is 7.11 Å². The summed E-state index contributed by atoms with van der Waals surface area (Å²) in [5.41, 5.74) is 7.15. The lowest BCUT2D eigenvalue weighted by Crippen LogP contribution is -2.28. The Hall–Kier alpha value is -0.770. The molecule has 1 aromatic carbocycles. The minimum Gasteiger partial charge on any atom is -0.496 e. The van der Waals surface area contributed by atoms with Gasteiger partial charge in [-0.15, -0.1) is 0 Å². The summed E-state index contributed by atoms with van der Waals surface area (Å²) < 4.78 is 5.35. The number of hydrogen-bond acceptors (Lipinski definition) is 3. The van der Waals surface area contributed by atoms with E-state index < -0.39 is 0 Å². The van der Waals surface area contributed by atoms with Gasteiger partial charge in [-0.1, -0.05) is 18.5 Å². The molecule has 0 bridgehead atoms. The molecule has 2 N–H and O–H groups in total. The van der Waals surface area contributed by atoms with E-state index in [1.54, 1.807) is 7.11 Å². The molecule has 1 aromatic rings. The molecule has 94 valence electrons. The van der Waals surface area contributed by atoms with Crippen molar-refractivity contribution < 1.29 is 4.74 Å². The van der Waals surface area contributed by atoms with E-state index in [1.165, 1.54) is 0 Å². The van der Waals surface area contributed by atoms with Crippen LogP contribution in [-0.4, -0.2) is 31.1 Å². The molecule has 1 heterocycles. The molecule has 0 aliphatic carbocycles. The van der Waals surface area contributed by atoms with Crippen LogP contribution >= 0.6 is 11.6 Å². The highest BCUT2D eigenvalue weighted by Gasteiger charge is 2.26. The predicted molar refractivity (Wildman–Crippen MR) is 70.4 cm³/mol. The lowest BCUT2D eigenvalue weighted by molar-refractivity contribution is 0.310. The number of rotatable bonds is 3. The molecule has 2 unspecified atom stereocenters. The minimum absolute atomic E-state index is 0.278. The summed E-state index contributed by atoms with van der Waals surface area (Å²) in [6, 6.07) is 6.01. The van der Waals surface area contributed by atoms with Gasteiger partial charge in [0, 0.05) is 36.3 Å². The van der Waals surface area contributed by atoms with Crippen LogP contribution in [0, 0.1) is 5.92 Å². The van der Waals surface area contributed by atoms with Gasteiger partial charge in [-0.25, -0.2) is 0 Å². The number of methoxy groups -OCH3 is 1. The standard InChI is InChI=1S/C13H19ClN2O/c1-9-6-16(8-12(9)15)7-10-5-11(14)3-4-13(10)17-2/h3-5,9,12H,6-8,15H2,1-2H3. The Labute approximate surface area is 107 Å². The van der Waals surface area contributed by atoms with E-state index in [0.717, 1.165) is 36.0 Å². The van der Waals surface area contributed by atoms with Gasteiger partial charge in [0.25, 0.3) is 0 Å². The van der Waals surface area contributed by atoms with Gasteiger partial charge < -0.3 is 10.5 Å². The van der Waals surface area contributed by atoms with Gasteiger partial charge >= 0.3 is 0 Å². The third-order valence-electron chi connectivity index (χ3n) is 3.38. The molecular formula is C13H19ClN2O. The molecular weight excluding hydrogens is 236 g/mol. The highest BCUT2D eigenvalue weighted by molar-refractivity contribution is 6.30. The number of likely N-dealkylation sites (tertiary alicyclic amines) is 1. The molecule has 0 aromatic heterocycles. The molecule has 17 heavy (non-hydrogen) atoms. The average molecular weight is 255 g/mol. The maximum absolute atomic E-state index is 6.02. The van der Waals surface area contributed by atoms with Gasteiger partial charge in [-0.2, -0.15) is 0 Å². The van der Waals surface area contributed by atoms with Crippen LogP contribution in [0.25, 0.3) is 0 Å². The van der Waals surface area contributed by atoms with Crippen molar-refractivity contribution in [3.05, 3.63) is 28.8 Å². The molecule has 0 spiro atoms. The van der Waals surface area contributed by atoms with E-state index in [9.17, 15) is 0 Å². The van der Waals surface area contributed by atoms with Crippen molar-refractivity contribution in [2.24, 2.45) is 11.7 Å². The number of halogens is 1. The topological polar surface area (TPSA) is 38.5 Å². The van der Waals surface area contributed by atoms with Crippen LogP contribution in [0.3, 0.4) is 0 Å². The second-order valence-electron chi connectivity index (χ2n) is 4.79. The van der Waals surface area contributed by atoms with E-state index in [-0.39, 0.29) is 6.04 Å². The summed E-state index contributed by atoms with van der Waals surface area (Å²) in [7, 11) is 1.69. The molecule has 1 aliphatic rings. The molecule has 2 atom stereocenters. The number of nitrogens with two attached hydrogens (primary N) is 1. The summed E-state index contributed by atoms with van der Waals surface area (Å²) in [5.74, 6) is 1.45. The van der Waals surface area contributed by atoms with Crippen LogP contribution in [0.2, 0.25) is 5.02 Å². The Morgan fingerprint density at radius 2 is 2.24 bits per heavy atom. The summed E-state index contributed by atoms with van der Waals surface area (Å²) in [6.45, 7) is 5.02. The van der Waals surface area contributed by atoms with Gasteiger partial charge in [0.15, 0.2) is 0 Å². The highest BCUT2D eigenvalue weighted by Crippen LogP contribution is 2.26. The largest absolute Gasteiger partial charge is 0.496 e. The monoisotopic (exact) mass is 254 g/mol. The van der Waals surface area contributed by atoms with Crippen LogP contribution in [0.15, 0.2) is 18.2 Å². The Balaban J connectivity index is 2.10. The first kappa shape index (κ1) is 12.7. The quantitative estimate of drug-likeness (QED) is 0.898. The first-order valence-corrected chi connectivity index (χ1v) is 6.28. The van der Waals surface area contributed by atoms with Gasteiger partial charge in [-0.05, 0) is 24.1 Å². The van der Waals surface area contributed by atoms with Crippen molar-refractivity contribution in [1.82, 2.24) is 4.90 Å². The fourth-order valence-corrected chi connectivity index (χ4v) is 2.53. The predicted octanol–water partition coefficient (Wildman–Crippen LogP) is 2.13. The van der Waals surface area contributed by atoms with Gasteiger partial charge in [-0.3, -0.25) is 4.90 Å². The molecule has 4 heteroatoms. The van der Waals surface area contributed by atoms with Gasteiger partial charge in [0.1, 0.15) is 5.75 Å². The fourth-order valence-electron chi connectivity index (χ4n) is 2.34. The molecule has 2 rings (SSSR count). The van der Waals surface area contributed by atoms with E-state index in [4.69, 9.17) is 22.1 Å². The second kappa shape index (κ2) is 5.25. The van der Waals surface area contributed by atoms with Crippen molar-refractivity contribution in [2.45, 2.75) is 19.5 Å². The smallest absolute Gasteiger partial charge is 0.123 e. The Kier molecular flexibility index (Phi) is 3.92. The molecule has 1 saturated heterocycles. The second-order valence-corrected chi connectivity index (χ2v) is 5.23. The van der Waals surface area contributed by atoms with E-state index in [2.05, 4.69) is 11.8 Å². The normalized spacial score (nSPS) is 25.2. The maximum Gasteiger partial charge on any atom is 0.123 e. The summed E-state index contributed by atoms with van der Waals surface area (Å²) in [6.07, 6.45) is 0. The van der Waals surface area contributed by atoms with Crippen LogP contribution in [0.1, 0.15) is 12.5 Å². The fraction of sp³-hybridized carbons (Fsp3) is 0.538. The van der Waals surface area contributed by atoms with Gasteiger partial charge in [0.2, 0.25) is 0 Å². The molecule has 0 radical (unpaired) electrons. The van der Waals surface area contributed by atoms with E-state index >= 15 is 0 Å². The average Bonchev–Trinajstić information content (AvgIpc) is 2.58. The molecule has 0 amide bonds. The highest BCUT2D eigenvalue weighted by atomic mass is 35.5. The summed E-state index contributed by atoms with van der Waals surface area (Å²) >= 11 is 6.02. The molecule has 1 aliphatic heterocycles. The number of ether oxygens (including phenoxy) is 1. The van der Waals surface area contributed by atoms with Crippen molar-refractivity contribution in [1.29, 1.82) is 0 Å². The maximum atomic E-state index is 6.02. The first-order chi connectivity index (χ1) is 8.10. The van der Waals surface area contributed by atoms with Crippen LogP contribution < -0.4 is 10.5 Å². The van der Waals surface area contributed by atoms with Crippen LogP contribution in [0.4, 0.5) is 0 Å². The number of hydrogen-bond donors (Lipinski definition) is 1. The SMILES string of the molecule is COc1ccc(Cl)cc1CN1CC(C)C(N)C1. The van der Waals surface area contributed by atoms with Crippen molar-refractivity contribution in [3.63, 3.8) is 0 Å². The van der Waals surface area contributed by atoms with E-state index in [1.807, 2.05) is 18.2 Å². The number of benzene rings is 1. The Morgan fingerprint density at radius 3 is 2.82 bits per heavy atom. The zero-order valence-electron chi connectivity index (χ0n) is 10.3. The lowest BCUT2D eigenvalue weighted by atomic mass is 10.1. The molecule has 1 fully saturated rings. The third-order valence-corrected chi connectivity index (χ3v) is 3.62. The van der Waals surface area contributed by atoms with Crippen molar-refractivity contribution in [3.8, 4) is 5.75 Å². The van der Waals surface area contributed by atoms with Crippen molar-refractivity contribution >= 4 is 11.6 Å². The van der Waals surface area contributed by atoms with E-state index in [0.29, 0.717) is 5.92 Å². The molecule has 3 nitrogen and oxygen atoms in total. The Morgan fingerprint density at radius 1 is 1.47 bits per heavy atom. The van der Waals surface area contributed by atoms with Crippen LogP contribution in [0.5, 0.6) is 5.75 Å². The van der Waals surface area contributed by atoms with Crippen LogP contribution in [-0.2, 0) is 6.54 Å². The third kappa shape index (κ3) is 2.92. The first-order valence-electron chi connectivity index (χ1n) is 5.90. The minimum atomic E-state index is 0.278. The Bertz CT molecular complexity index is 387. The summed E-state index contributed by atoms with van der Waals surface area (Å²) in [5, 5.41) is 0.748. The molecule has 0 saturated carbocycles. The summed E-state index contributed by atoms with van der Waals surface area (Å²) in [4.78, 5) is 2.35. The zero-order valence-corrected chi connectivity index (χ0v) is 11.1. The zero-order chi connectivity index (χ0) is 12.4. The van der Waals surface area contributed by atoms with Crippen molar-refractivity contribution in [2.75, 3.05) is 20.2 Å². The lowest BCUT2D eigenvalue weighted by Gasteiger charge is -2.17.